The van der Waals surface area contributed by atoms with Gasteiger partial charge in [-0.15, -0.1) is 11.3 Å². The fourth-order valence-corrected chi connectivity index (χ4v) is 4.47. The van der Waals surface area contributed by atoms with E-state index < -0.39 is 0 Å². The predicted molar refractivity (Wildman–Crippen MR) is 119 cm³/mol. The van der Waals surface area contributed by atoms with Crippen molar-refractivity contribution in [3.8, 4) is 11.3 Å². The molecule has 1 amide bonds. The first-order valence-corrected chi connectivity index (χ1v) is 11.4. The second kappa shape index (κ2) is 8.88. The summed E-state index contributed by atoms with van der Waals surface area (Å²) < 4.78 is 18.5. The molecule has 1 aliphatic heterocycles. The Morgan fingerprint density at radius 1 is 1.16 bits per heavy atom. The van der Waals surface area contributed by atoms with Gasteiger partial charge in [-0.25, -0.2) is 9.37 Å². The van der Waals surface area contributed by atoms with Crippen LogP contribution in [0.3, 0.4) is 0 Å². The first-order chi connectivity index (χ1) is 14.8. The largest absolute Gasteiger partial charge is 0.355 e. The Bertz CT molecular complexity index is 1040. The normalized spacial score (nSPS) is 15.8. The van der Waals surface area contributed by atoms with Gasteiger partial charge in [-0.2, -0.15) is 0 Å². The average Bonchev–Trinajstić information content (AvgIpc) is 3.34. The molecule has 3 heterocycles. The molecule has 0 spiro atoms. The lowest BCUT2D eigenvalue weighted by molar-refractivity contribution is 0.0750. The summed E-state index contributed by atoms with van der Waals surface area (Å²) in [5, 5.41) is 7.24. The van der Waals surface area contributed by atoms with Gasteiger partial charge in [0.25, 0.3) is 5.91 Å². The fraction of sp³-hybridized carbons (Fsp3) is 0.435. The Morgan fingerprint density at radius 2 is 1.94 bits per heavy atom. The minimum atomic E-state index is -0.319. The van der Waals surface area contributed by atoms with Gasteiger partial charge < -0.3 is 9.42 Å². The van der Waals surface area contributed by atoms with E-state index in [1.165, 1.54) is 12.1 Å². The average molecular weight is 443 g/mol. The molecule has 0 N–H and O–H groups in total. The summed E-state index contributed by atoms with van der Waals surface area (Å²) in [5.41, 5.74) is 2.13. The third-order valence-electron chi connectivity index (χ3n) is 5.31. The van der Waals surface area contributed by atoms with E-state index in [4.69, 9.17) is 9.51 Å². The third-order valence-corrected chi connectivity index (χ3v) is 6.63. The van der Waals surface area contributed by atoms with Crippen molar-refractivity contribution in [2.45, 2.75) is 39.2 Å². The monoisotopic (exact) mass is 442 g/mol. The van der Waals surface area contributed by atoms with Crippen molar-refractivity contribution in [2.24, 2.45) is 0 Å². The molecule has 31 heavy (non-hydrogen) atoms. The summed E-state index contributed by atoms with van der Waals surface area (Å²) in [6, 6.07) is 7.56. The van der Waals surface area contributed by atoms with E-state index >= 15 is 0 Å². The molecule has 1 fully saturated rings. The van der Waals surface area contributed by atoms with Crippen LogP contribution in [0.4, 0.5) is 4.39 Å². The highest BCUT2D eigenvalue weighted by Gasteiger charge is 2.24. The molecule has 1 aliphatic rings. The summed E-state index contributed by atoms with van der Waals surface area (Å²) in [5.74, 6) is 0.00147. The third kappa shape index (κ3) is 5.19. The zero-order valence-corrected chi connectivity index (χ0v) is 18.9. The predicted octanol–water partition coefficient (Wildman–Crippen LogP) is 4.58. The molecule has 6 nitrogen and oxygen atoms in total. The molecule has 0 unspecified atom stereocenters. The van der Waals surface area contributed by atoms with E-state index in [1.54, 1.807) is 29.5 Å². The van der Waals surface area contributed by atoms with Gasteiger partial charge >= 0.3 is 0 Å². The number of thiazole rings is 1. The zero-order valence-electron chi connectivity index (χ0n) is 18.1. The van der Waals surface area contributed by atoms with Crippen LogP contribution in [0.25, 0.3) is 11.3 Å². The maximum Gasteiger partial charge on any atom is 0.276 e. The quantitative estimate of drug-likeness (QED) is 0.592. The van der Waals surface area contributed by atoms with Crippen molar-refractivity contribution in [1.29, 1.82) is 0 Å². The molecule has 3 aromatic rings. The standard InChI is InChI=1S/C23H27FN4O2S/c1-23(2,3)22-25-18(15-31-22)14-27-9-4-10-28(12-11-27)21(29)19-13-20(30-26-19)16-5-7-17(24)8-6-16/h5-8,13,15H,4,9-12,14H2,1-3H3. The van der Waals surface area contributed by atoms with Crippen molar-refractivity contribution in [1.82, 2.24) is 19.9 Å². The molecule has 1 saturated heterocycles. The van der Waals surface area contributed by atoms with Crippen LogP contribution >= 0.6 is 11.3 Å². The Kier molecular flexibility index (Phi) is 6.20. The number of amides is 1. The number of nitrogens with zero attached hydrogens (tertiary/aromatic N) is 4. The van der Waals surface area contributed by atoms with Gasteiger partial charge in [0.2, 0.25) is 0 Å². The first kappa shape index (κ1) is 21.6. The summed E-state index contributed by atoms with van der Waals surface area (Å²) >= 11 is 1.71. The molecular formula is C23H27FN4O2S. The Hall–Kier alpha value is -2.58. The second-order valence-corrected chi connectivity index (χ2v) is 9.76. The number of carbonyl (C=O) groups excluding carboxylic acids is 1. The first-order valence-electron chi connectivity index (χ1n) is 10.5. The summed E-state index contributed by atoms with van der Waals surface area (Å²) in [6.07, 6.45) is 0.894. The minimum Gasteiger partial charge on any atom is -0.355 e. The van der Waals surface area contributed by atoms with Crippen LogP contribution in [-0.4, -0.2) is 52.0 Å². The lowest BCUT2D eigenvalue weighted by Gasteiger charge is -2.20. The van der Waals surface area contributed by atoms with Crippen LogP contribution in [0.5, 0.6) is 0 Å². The Morgan fingerprint density at radius 3 is 2.65 bits per heavy atom. The van der Waals surface area contributed by atoms with Crippen molar-refractivity contribution >= 4 is 17.2 Å². The van der Waals surface area contributed by atoms with Gasteiger partial charge in [0, 0.05) is 55.1 Å². The van der Waals surface area contributed by atoms with Gasteiger partial charge in [0.1, 0.15) is 5.82 Å². The van der Waals surface area contributed by atoms with Gasteiger partial charge in [-0.05, 0) is 30.7 Å². The lowest BCUT2D eigenvalue weighted by atomic mass is 9.98. The molecule has 0 bridgehead atoms. The molecule has 1 aromatic carbocycles. The van der Waals surface area contributed by atoms with Crippen LogP contribution in [0.1, 0.15) is 48.4 Å². The van der Waals surface area contributed by atoms with Crippen LogP contribution in [0, 0.1) is 5.82 Å². The second-order valence-electron chi connectivity index (χ2n) is 8.90. The van der Waals surface area contributed by atoms with Crippen LogP contribution in [0.15, 0.2) is 40.2 Å². The zero-order chi connectivity index (χ0) is 22.0. The SMILES string of the molecule is CC(C)(C)c1nc(CN2CCCN(C(=O)c3cc(-c4ccc(F)cc4)on3)CC2)cs1. The fourth-order valence-electron chi connectivity index (χ4n) is 3.57. The number of halogens is 1. The van der Waals surface area contributed by atoms with Crippen LogP contribution in [0.2, 0.25) is 0 Å². The number of aromatic nitrogens is 2. The van der Waals surface area contributed by atoms with E-state index in [0.717, 1.165) is 36.8 Å². The molecule has 4 rings (SSSR count). The maximum absolute atomic E-state index is 13.1. The maximum atomic E-state index is 13.1. The van der Waals surface area contributed by atoms with E-state index in [0.29, 0.717) is 24.4 Å². The van der Waals surface area contributed by atoms with Crippen molar-refractivity contribution in [3.05, 3.63) is 57.9 Å². The molecule has 2 aromatic heterocycles. The Balaban J connectivity index is 1.37. The van der Waals surface area contributed by atoms with E-state index in [-0.39, 0.29) is 22.8 Å². The number of hydrogen-bond donors (Lipinski definition) is 0. The van der Waals surface area contributed by atoms with E-state index in [9.17, 15) is 9.18 Å². The molecule has 0 radical (unpaired) electrons. The number of carbonyl (C=O) groups is 1. The molecule has 164 valence electrons. The lowest BCUT2D eigenvalue weighted by Crippen LogP contribution is -2.35. The molecule has 0 aliphatic carbocycles. The molecule has 0 saturated carbocycles. The molecule has 0 atom stereocenters. The van der Waals surface area contributed by atoms with Gasteiger partial charge in [-0.3, -0.25) is 9.69 Å². The topological polar surface area (TPSA) is 62.5 Å². The molecular weight excluding hydrogens is 415 g/mol. The highest BCUT2D eigenvalue weighted by Crippen LogP contribution is 2.26. The van der Waals surface area contributed by atoms with Crippen molar-refractivity contribution < 1.29 is 13.7 Å². The van der Waals surface area contributed by atoms with Gasteiger partial charge in [-0.1, -0.05) is 25.9 Å². The van der Waals surface area contributed by atoms with Crippen LogP contribution < -0.4 is 0 Å². The van der Waals surface area contributed by atoms with Gasteiger partial charge in [0.05, 0.1) is 10.7 Å². The summed E-state index contributed by atoms with van der Waals surface area (Å²) in [7, 11) is 0. The minimum absolute atomic E-state index is 0.0648. The Labute approximate surface area is 185 Å². The highest BCUT2D eigenvalue weighted by atomic mass is 32.1. The summed E-state index contributed by atoms with van der Waals surface area (Å²) in [4.78, 5) is 21.9. The van der Waals surface area contributed by atoms with E-state index in [1.807, 2.05) is 4.90 Å². The summed E-state index contributed by atoms with van der Waals surface area (Å²) in [6.45, 7) is 10.4. The number of hydrogen-bond acceptors (Lipinski definition) is 6. The van der Waals surface area contributed by atoms with Gasteiger partial charge in [0.15, 0.2) is 11.5 Å². The van der Waals surface area contributed by atoms with E-state index in [2.05, 4.69) is 36.2 Å². The highest BCUT2D eigenvalue weighted by molar-refractivity contribution is 7.09. The van der Waals surface area contributed by atoms with Crippen molar-refractivity contribution in [3.63, 3.8) is 0 Å². The number of benzene rings is 1. The smallest absolute Gasteiger partial charge is 0.276 e. The molecule has 8 heteroatoms. The number of rotatable bonds is 4. The van der Waals surface area contributed by atoms with Crippen molar-refractivity contribution in [2.75, 3.05) is 26.2 Å². The van der Waals surface area contributed by atoms with Crippen LogP contribution in [-0.2, 0) is 12.0 Å².